The molecule has 1 amide bonds. The Kier molecular flexibility index (Phi) is 6.66. The summed E-state index contributed by atoms with van der Waals surface area (Å²) in [5.41, 5.74) is 0.722. The van der Waals surface area contributed by atoms with Crippen molar-refractivity contribution < 1.29 is 24.1 Å². The van der Waals surface area contributed by atoms with Crippen LogP contribution in [0.1, 0.15) is 39.7 Å². The van der Waals surface area contributed by atoms with Crippen molar-refractivity contribution in [3.05, 3.63) is 35.9 Å². The number of methoxy groups -OCH3 is 1. The standard InChI is InChI=1S/C26H35N5O5/c1-23(2)16-24(3,4)26(23,36-19-7-6-18(13-27)21(12-19)34-5)25(28-17-33)9-8-22(29-30-25)31-10-11-35-20(14-31)15-32/h6-9,12,17,20,30,32H,10-11,14-16H2,1-5H3,(H,28,33)/t20-,25-/m1/s1. The fourth-order valence-corrected chi connectivity index (χ4v) is 6.70. The van der Waals surface area contributed by atoms with Crippen molar-refractivity contribution in [3.8, 4) is 17.6 Å². The van der Waals surface area contributed by atoms with E-state index in [1.165, 1.54) is 7.11 Å². The van der Waals surface area contributed by atoms with Crippen LogP contribution < -0.4 is 20.2 Å². The third-order valence-corrected chi connectivity index (χ3v) is 7.69. The van der Waals surface area contributed by atoms with Crippen LogP contribution >= 0.6 is 0 Å². The number of nitriles is 1. The summed E-state index contributed by atoms with van der Waals surface area (Å²) in [6.07, 6.45) is 4.99. The lowest BCUT2D eigenvalue weighted by molar-refractivity contribution is -0.267. The van der Waals surface area contributed by atoms with Gasteiger partial charge in [0, 0.05) is 30.0 Å². The maximum atomic E-state index is 12.0. The van der Waals surface area contributed by atoms with E-state index in [0.29, 0.717) is 49.0 Å². The Hall–Kier alpha value is -3.29. The smallest absolute Gasteiger partial charge is 0.209 e. The minimum atomic E-state index is -1.17. The molecule has 10 heteroatoms. The second-order valence-electron chi connectivity index (χ2n) is 10.8. The number of ether oxygens (including phenoxy) is 3. The summed E-state index contributed by atoms with van der Waals surface area (Å²) in [6.45, 7) is 10.0. The number of carbonyl (C=O) groups is 1. The van der Waals surface area contributed by atoms with Crippen LogP contribution in [0.15, 0.2) is 35.5 Å². The topological polar surface area (TPSA) is 128 Å². The summed E-state index contributed by atoms with van der Waals surface area (Å²) in [4.78, 5) is 14.0. The molecular weight excluding hydrogens is 462 g/mol. The van der Waals surface area contributed by atoms with Gasteiger partial charge in [-0.2, -0.15) is 10.4 Å². The van der Waals surface area contributed by atoms with Gasteiger partial charge in [0.05, 0.1) is 32.0 Å². The molecule has 10 nitrogen and oxygen atoms in total. The number of aliphatic hydroxyl groups is 1. The van der Waals surface area contributed by atoms with Crippen molar-refractivity contribution in [2.45, 2.75) is 51.5 Å². The van der Waals surface area contributed by atoms with Gasteiger partial charge >= 0.3 is 0 Å². The lowest BCUT2D eigenvalue weighted by Gasteiger charge is -2.71. The van der Waals surface area contributed by atoms with Gasteiger partial charge < -0.3 is 29.5 Å². The number of carbonyl (C=O) groups excluding carboxylic acids is 1. The number of nitrogens with one attached hydrogen (secondary N) is 2. The van der Waals surface area contributed by atoms with E-state index in [9.17, 15) is 15.2 Å². The molecule has 0 radical (unpaired) electrons. The van der Waals surface area contributed by atoms with Crippen LogP contribution in [0, 0.1) is 22.2 Å². The van der Waals surface area contributed by atoms with Crippen LogP contribution in [0.3, 0.4) is 0 Å². The van der Waals surface area contributed by atoms with E-state index in [0.717, 1.165) is 6.42 Å². The SMILES string of the molecule is COc1cc(OC2([C@@]3(NC=O)C=CC(N4CCO[C@@H](CO)C4)=NN3)C(C)(C)CC2(C)C)ccc1C#N. The molecule has 0 unspecified atom stereocenters. The first-order valence-corrected chi connectivity index (χ1v) is 12.1. The quantitative estimate of drug-likeness (QED) is 0.486. The van der Waals surface area contributed by atoms with Crippen LogP contribution in [0.4, 0.5) is 0 Å². The first-order valence-electron chi connectivity index (χ1n) is 12.1. The summed E-state index contributed by atoms with van der Waals surface area (Å²) in [5, 5.41) is 26.6. The van der Waals surface area contributed by atoms with E-state index in [-0.39, 0.29) is 23.5 Å². The Morgan fingerprint density at radius 3 is 2.67 bits per heavy atom. The molecule has 0 aromatic heterocycles. The van der Waals surface area contributed by atoms with Crippen molar-refractivity contribution in [2.75, 3.05) is 33.4 Å². The number of aliphatic hydroxyl groups excluding tert-OH is 1. The second kappa shape index (κ2) is 9.30. The normalized spacial score (nSPS) is 27.5. The van der Waals surface area contributed by atoms with Gasteiger partial charge in [-0.3, -0.25) is 10.2 Å². The molecule has 3 aliphatic rings. The zero-order valence-corrected chi connectivity index (χ0v) is 21.5. The van der Waals surface area contributed by atoms with Crippen molar-refractivity contribution in [3.63, 3.8) is 0 Å². The number of rotatable bonds is 7. The fraction of sp³-hybridized carbons (Fsp3) is 0.577. The molecule has 1 aliphatic carbocycles. The Labute approximate surface area is 211 Å². The van der Waals surface area contributed by atoms with Gasteiger partial charge in [0.2, 0.25) is 6.41 Å². The van der Waals surface area contributed by atoms with Crippen LogP contribution in [0.25, 0.3) is 0 Å². The maximum Gasteiger partial charge on any atom is 0.209 e. The second-order valence-corrected chi connectivity index (χ2v) is 10.8. The number of nitrogens with zero attached hydrogens (tertiary/aromatic N) is 3. The average Bonchev–Trinajstić information content (AvgIpc) is 2.86. The third-order valence-electron chi connectivity index (χ3n) is 7.69. The van der Waals surface area contributed by atoms with E-state index >= 15 is 0 Å². The molecule has 1 saturated heterocycles. The number of hydrazone groups is 1. The van der Waals surface area contributed by atoms with Crippen LogP contribution in [-0.2, 0) is 9.53 Å². The highest BCUT2D eigenvalue weighted by molar-refractivity contribution is 5.94. The predicted molar refractivity (Wildman–Crippen MR) is 133 cm³/mol. The summed E-state index contributed by atoms with van der Waals surface area (Å²) < 4.78 is 17.8. The predicted octanol–water partition coefficient (Wildman–Crippen LogP) is 1.75. The highest BCUT2D eigenvalue weighted by Crippen LogP contribution is 2.67. The van der Waals surface area contributed by atoms with Gasteiger partial charge in [0.25, 0.3) is 0 Å². The Morgan fingerprint density at radius 1 is 1.36 bits per heavy atom. The van der Waals surface area contributed by atoms with Gasteiger partial charge in [-0.05, 0) is 30.7 Å². The zero-order chi connectivity index (χ0) is 26.2. The van der Waals surface area contributed by atoms with Crippen LogP contribution in [-0.4, -0.2) is 73.0 Å². The molecule has 4 rings (SSSR count). The molecule has 0 bridgehead atoms. The van der Waals surface area contributed by atoms with Gasteiger partial charge in [-0.15, -0.1) is 0 Å². The average molecular weight is 498 g/mol. The highest BCUT2D eigenvalue weighted by atomic mass is 16.5. The van der Waals surface area contributed by atoms with E-state index in [2.05, 4.69) is 49.6 Å². The monoisotopic (exact) mass is 497 g/mol. The number of hydrogen-bond donors (Lipinski definition) is 3. The van der Waals surface area contributed by atoms with E-state index in [1.54, 1.807) is 18.2 Å². The molecule has 0 spiro atoms. The molecular formula is C26H35N5O5. The molecule has 2 fully saturated rings. The van der Waals surface area contributed by atoms with Crippen LogP contribution in [0.2, 0.25) is 0 Å². The Morgan fingerprint density at radius 2 is 2.11 bits per heavy atom. The zero-order valence-electron chi connectivity index (χ0n) is 21.5. The van der Waals surface area contributed by atoms with Crippen molar-refractivity contribution >= 4 is 12.2 Å². The third kappa shape index (κ3) is 3.87. The van der Waals surface area contributed by atoms with Crippen molar-refractivity contribution in [1.82, 2.24) is 15.6 Å². The summed E-state index contributed by atoms with van der Waals surface area (Å²) >= 11 is 0. The van der Waals surface area contributed by atoms with Gasteiger partial charge in [-0.1, -0.05) is 27.7 Å². The minimum Gasteiger partial charge on any atom is -0.495 e. The van der Waals surface area contributed by atoms with Gasteiger partial charge in [0.15, 0.2) is 11.3 Å². The molecule has 2 atom stereocenters. The molecule has 1 saturated carbocycles. The first-order chi connectivity index (χ1) is 17.1. The molecule has 1 aromatic carbocycles. The molecule has 194 valence electrons. The molecule has 2 aliphatic heterocycles. The fourth-order valence-electron chi connectivity index (χ4n) is 6.70. The Balaban J connectivity index is 1.75. The summed E-state index contributed by atoms with van der Waals surface area (Å²) in [6, 6.07) is 7.22. The lowest BCUT2D eigenvalue weighted by atomic mass is 9.40. The van der Waals surface area contributed by atoms with E-state index < -0.39 is 11.3 Å². The first kappa shape index (κ1) is 25.8. The largest absolute Gasteiger partial charge is 0.495 e. The number of benzene rings is 1. The lowest BCUT2D eigenvalue weighted by Crippen LogP contribution is -2.86. The Bertz CT molecular complexity index is 1090. The number of morpholine rings is 1. The minimum absolute atomic E-state index is 0.0645. The highest BCUT2D eigenvalue weighted by Gasteiger charge is 2.76. The molecule has 2 heterocycles. The van der Waals surface area contributed by atoms with E-state index in [4.69, 9.17) is 14.2 Å². The number of hydrogen-bond acceptors (Lipinski definition) is 9. The number of amidine groups is 1. The van der Waals surface area contributed by atoms with Crippen LogP contribution in [0.5, 0.6) is 11.5 Å². The van der Waals surface area contributed by atoms with Gasteiger partial charge in [0.1, 0.15) is 23.4 Å². The van der Waals surface area contributed by atoms with Crippen molar-refractivity contribution in [1.29, 1.82) is 5.26 Å². The summed E-state index contributed by atoms with van der Waals surface area (Å²) in [5.74, 6) is 1.61. The molecule has 1 aromatic rings. The van der Waals surface area contributed by atoms with Crippen molar-refractivity contribution in [2.24, 2.45) is 15.9 Å². The summed E-state index contributed by atoms with van der Waals surface area (Å²) in [7, 11) is 1.51. The molecule has 36 heavy (non-hydrogen) atoms. The number of amides is 1. The van der Waals surface area contributed by atoms with E-state index in [1.807, 2.05) is 17.1 Å². The maximum absolute atomic E-state index is 12.0. The van der Waals surface area contributed by atoms with Gasteiger partial charge in [-0.25, -0.2) is 0 Å². The molecule has 3 N–H and O–H groups in total.